The molecule has 0 atom stereocenters. The predicted molar refractivity (Wildman–Crippen MR) is 99.1 cm³/mol. The van der Waals surface area contributed by atoms with Gasteiger partial charge in [-0.1, -0.05) is 18.2 Å². The first-order valence-electron chi connectivity index (χ1n) is 8.86. The molecule has 1 fully saturated rings. The van der Waals surface area contributed by atoms with Crippen LogP contribution in [0.2, 0.25) is 0 Å². The number of nitrogens with one attached hydrogen (secondary N) is 1. The van der Waals surface area contributed by atoms with Crippen LogP contribution in [0, 0.1) is 6.92 Å². The lowest BCUT2D eigenvalue weighted by Gasteiger charge is -2.37. The van der Waals surface area contributed by atoms with E-state index in [-0.39, 0.29) is 12.5 Å². The molecule has 140 valence electrons. The fraction of sp³-hybridized carbons (Fsp3) is 0.474. The molecule has 3 rings (SSSR count). The number of piperidine rings is 1. The van der Waals surface area contributed by atoms with Crippen molar-refractivity contribution < 1.29 is 14.6 Å². The molecule has 0 bridgehead atoms. The molecule has 2 heterocycles. The van der Waals surface area contributed by atoms with E-state index in [0.717, 1.165) is 17.1 Å². The molecule has 1 aliphatic heterocycles. The molecular formula is C19H26N4O3. The molecule has 7 heteroatoms. The summed E-state index contributed by atoms with van der Waals surface area (Å²) in [6.45, 7) is 3.77. The Kier molecular flexibility index (Phi) is 5.58. The second-order valence-corrected chi connectivity index (χ2v) is 6.95. The quantitative estimate of drug-likeness (QED) is 0.819. The van der Waals surface area contributed by atoms with E-state index in [1.54, 1.807) is 10.9 Å². The summed E-state index contributed by atoms with van der Waals surface area (Å²) in [6.07, 6.45) is 2.96. The van der Waals surface area contributed by atoms with Crippen molar-refractivity contribution in [3.8, 4) is 5.75 Å². The summed E-state index contributed by atoms with van der Waals surface area (Å²) in [5.41, 5.74) is 0.692. The first kappa shape index (κ1) is 18.4. The molecule has 0 spiro atoms. The van der Waals surface area contributed by atoms with E-state index in [1.165, 1.54) is 0 Å². The lowest BCUT2D eigenvalue weighted by atomic mass is 9.92. The zero-order chi connectivity index (χ0) is 18.6. The fourth-order valence-electron chi connectivity index (χ4n) is 3.12. The van der Waals surface area contributed by atoms with Crippen molar-refractivity contribution in [2.75, 3.05) is 31.6 Å². The Morgan fingerprint density at radius 1 is 1.31 bits per heavy atom. The summed E-state index contributed by atoms with van der Waals surface area (Å²) in [4.78, 5) is 14.3. The van der Waals surface area contributed by atoms with Gasteiger partial charge in [-0.2, -0.15) is 5.10 Å². The number of carbonyl (C=O) groups excluding carboxylic acids is 1. The number of aliphatic hydroxyl groups is 1. The number of para-hydroxylation sites is 1. The van der Waals surface area contributed by atoms with Gasteiger partial charge in [-0.25, -0.2) is 0 Å². The SMILES string of the molecule is Cc1nn(C)cc1NC(=O)CN1CCC(O)(COc2ccccc2)CC1. The number of hydrogen-bond acceptors (Lipinski definition) is 5. The van der Waals surface area contributed by atoms with Crippen LogP contribution in [0.1, 0.15) is 18.5 Å². The number of benzene rings is 1. The van der Waals surface area contributed by atoms with Crippen LogP contribution in [0.3, 0.4) is 0 Å². The Morgan fingerprint density at radius 2 is 2.00 bits per heavy atom. The molecule has 1 aliphatic rings. The standard InChI is InChI=1S/C19H26N4O3/c1-15-17(12-22(2)21-15)20-18(24)13-23-10-8-19(25,9-11-23)14-26-16-6-4-3-5-7-16/h3-7,12,25H,8-11,13-14H2,1-2H3,(H,20,24). The number of hydrogen-bond donors (Lipinski definition) is 2. The largest absolute Gasteiger partial charge is 0.491 e. The normalized spacial score (nSPS) is 17.0. The highest BCUT2D eigenvalue weighted by molar-refractivity contribution is 5.92. The maximum Gasteiger partial charge on any atom is 0.238 e. The molecule has 26 heavy (non-hydrogen) atoms. The van der Waals surface area contributed by atoms with Gasteiger partial charge < -0.3 is 15.2 Å². The third kappa shape index (κ3) is 4.83. The number of rotatable bonds is 6. The number of aromatic nitrogens is 2. The van der Waals surface area contributed by atoms with Crippen molar-refractivity contribution in [3.05, 3.63) is 42.2 Å². The molecule has 1 aromatic carbocycles. The third-order valence-corrected chi connectivity index (χ3v) is 4.69. The van der Waals surface area contributed by atoms with Crippen molar-refractivity contribution in [3.63, 3.8) is 0 Å². The summed E-state index contributed by atoms with van der Waals surface area (Å²) in [6, 6.07) is 9.50. The number of anilines is 1. The van der Waals surface area contributed by atoms with E-state index in [1.807, 2.05) is 44.3 Å². The minimum Gasteiger partial charge on any atom is -0.491 e. The highest BCUT2D eigenvalue weighted by atomic mass is 16.5. The van der Waals surface area contributed by atoms with E-state index < -0.39 is 5.60 Å². The molecule has 7 nitrogen and oxygen atoms in total. The van der Waals surface area contributed by atoms with Crippen LogP contribution < -0.4 is 10.1 Å². The van der Waals surface area contributed by atoms with Crippen LogP contribution in [0.5, 0.6) is 5.75 Å². The van der Waals surface area contributed by atoms with Crippen LogP contribution in [-0.4, -0.2) is 57.5 Å². The van der Waals surface area contributed by atoms with Gasteiger partial charge in [-0.05, 0) is 31.9 Å². The Labute approximate surface area is 153 Å². The Balaban J connectivity index is 1.44. The first-order valence-corrected chi connectivity index (χ1v) is 8.86. The van der Waals surface area contributed by atoms with Gasteiger partial charge in [0.1, 0.15) is 18.0 Å². The van der Waals surface area contributed by atoms with Crippen LogP contribution in [0.15, 0.2) is 36.5 Å². The van der Waals surface area contributed by atoms with E-state index in [4.69, 9.17) is 4.74 Å². The van der Waals surface area contributed by atoms with Crippen molar-refractivity contribution in [2.24, 2.45) is 7.05 Å². The fourth-order valence-corrected chi connectivity index (χ4v) is 3.12. The van der Waals surface area contributed by atoms with Gasteiger partial charge in [0.25, 0.3) is 0 Å². The molecule has 0 unspecified atom stereocenters. The number of carbonyl (C=O) groups is 1. The number of nitrogens with zero attached hydrogens (tertiary/aromatic N) is 3. The lowest BCUT2D eigenvalue weighted by Crippen LogP contribution is -2.49. The number of ether oxygens (including phenoxy) is 1. The number of likely N-dealkylation sites (tertiary alicyclic amines) is 1. The predicted octanol–water partition coefficient (Wildman–Crippen LogP) is 1.57. The van der Waals surface area contributed by atoms with Crippen molar-refractivity contribution in [2.45, 2.75) is 25.4 Å². The summed E-state index contributed by atoms with van der Waals surface area (Å²) in [5, 5.41) is 17.8. The van der Waals surface area contributed by atoms with Crippen LogP contribution in [0.4, 0.5) is 5.69 Å². The molecule has 1 amide bonds. The van der Waals surface area contributed by atoms with Crippen molar-refractivity contribution >= 4 is 11.6 Å². The van der Waals surface area contributed by atoms with Crippen molar-refractivity contribution in [1.82, 2.24) is 14.7 Å². The summed E-state index contributed by atoms with van der Waals surface area (Å²) in [7, 11) is 1.83. The number of aryl methyl sites for hydroxylation is 2. The monoisotopic (exact) mass is 358 g/mol. The Morgan fingerprint density at radius 3 is 2.62 bits per heavy atom. The summed E-state index contributed by atoms with van der Waals surface area (Å²) < 4.78 is 7.38. The molecule has 2 aromatic rings. The van der Waals surface area contributed by atoms with E-state index >= 15 is 0 Å². The summed E-state index contributed by atoms with van der Waals surface area (Å²) in [5.74, 6) is 0.696. The van der Waals surface area contributed by atoms with Gasteiger partial charge in [0.15, 0.2) is 0 Å². The van der Waals surface area contributed by atoms with Gasteiger partial charge in [-0.3, -0.25) is 14.4 Å². The topological polar surface area (TPSA) is 79.6 Å². The first-order chi connectivity index (χ1) is 12.4. The Hall–Kier alpha value is -2.38. The lowest BCUT2D eigenvalue weighted by molar-refractivity contribution is -0.119. The van der Waals surface area contributed by atoms with Crippen LogP contribution in [0.25, 0.3) is 0 Å². The molecule has 1 saturated heterocycles. The molecule has 1 aromatic heterocycles. The third-order valence-electron chi connectivity index (χ3n) is 4.69. The zero-order valence-electron chi connectivity index (χ0n) is 15.3. The highest BCUT2D eigenvalue weighted by Crippen LogP contribution is 2.24. The minimum absolute atomic E-state index is 0.0629. The van der Waals surface area contributed by atoms with E-state index in [9.17, 15) is 9.90 Å². The van der Waals surface area contributed by atoms with Crippen molar-refractivity contribution in [1.29, 1.82) is 0 Å². The van der Waals surface area contributed by atoms with E-state index in [0.29, 0.717) is 32.5 Å². The van der Waals surface area contributed by atoms with Gasteiger partial charge in [-0.15, -0.1) is 0 Å². The second kappa shape index (κ2) is 7.88. The highest BCUT2D eigenvalue weighted by Gasteiger charge is 2.33. The molecule has 0 aliphatic carbocycles. The minimum atomic E-state index is -0.844. The second-order valence-electron chi connectivity index (χ2n) is 6.95. The van der Waals surface area contributed by atoms with Gasteiger partial charge in [0.2, 0.25) is 5.91 Å². The average molecular weight is 358 g/mol. The maximum atomic E-state index is 12.2. The van der Waals surface area contributed by atoms with Gasteiger partial charge in [0, 0.05) is 26.3 Å². The van der Waals surface area contributed by atoms with E-state index in [2.05, 4.69) is 15.3 Å². The maximum absolute atomic E-state index is 12.2. The number of amides is 1. The molecular weight excluding hydrogens is 332 g/mol. The molecule has 0 saturated carbocycles. The summed E-state index contributed by atoms with van der Waals surface area (Å²) >= 11 is 0. The van der Waals surface area contributed by atoms with Gasteiger partial charge in [0.05, 0.1) is 17.9 Å². The average Bonchev–Trinajstić information content (AvgIpc) is 2.93. The van der Waals surface area contributed by atoms with Gasteiger partial charge >= 0.3 is 0 Å². The molecule has 0 radical (unpaired) electrons. The zero-order valence-corrected chi connectivity index (χ0v) is 15.3. The van der Waals surface area contributed by atoms with Crippen LogP contribution in [-0.2, 0) is 11.8 Å². The molecule has 2 N–H and O–H groups in total. The Bertz CT molecular complexity index is 736. The smallest absolute Gasteiger partial charge is 0.238 e. The van der Waals surface area contributed by atoms with Crippen LogP contribution >= 0.6 is 0 Å².